The molecule has 28 heavy (non-hydrogen) atoms. The Labute approximate surface area is 165 Å². The maximum atomic E-state index is 13.3. The first-order valence-electron chi connectivity index (χ1n) is 10.5. The molecule has 0 saturated carbocycles. The van der Waals surface area contributed by atoms with Crippen molar-refractivity contribution in [2.75, 3.05) is 19.6 Å². The van der Waals surface area contributed by atoms with Crippen LogP contribution >= 0.6 is 0 Å². The number of rotatable bonds is 2. The molecule has 1 atom stereocenters. The first-order chi connectivity index (χ1) is 13.8. The summed E-state index contributed by atoms with van der Waals surface area (Å²) in [6.07, 6.45) is 6.54. The van der Waals surface area contributed by atoms with Crippen LogP contribution < -0.4 is 5.32 Å². The fraction of sp³-hybridized carbons (Fsp3) is 0.375. The van der Waals surface area contributed by atoms with Crippen LogP contribution in [0.1, 0.15) is 34.3 Å². The largest absolute Gasteiger partial charge is 0.348 e. The lowest BCUT2D eigenvalue weighted by atomic mass is 9.84. The molecule has 0 aliphatic carbocycles. The van der Waals surface area contributed by atoms with E-state index in [1.807, 2.05) is 0 Å². The minimum Gasteiger partial charge on any atom is -0.348 e. The van der Waals surface area contributed by atoms with Gasteiger partial charge in [-0.25, -0.2) is 0 Å². The van der Waals surface area contributed by atoms with E-state index < -0.39 is 0 Å². The second-order valence-electron chi connectivity index (χ2n) is 8.57. The van der Waals surface area contributed by atoms with Crippen LogP contribution in [0, 0.1) is 5.92 Å². The minimum absolute atomic E-state index is 0.0812. The Bertz CT molecular complexity index is 1070. The van der Waals surface area contributed by atoms with Crippen molar-refractivity contribution in [2.45, 2.75) is 31.7 Å². The summed E-state index contributed by atoms with van der Waals surface area (Å²) in [5.74, 6) is 0.718. The maximum Gasteiger partial charge on any atom is 0.253 e. The number of aromatic nitrogens is 1. The highest BCUT2D eigenvalue weighted by Gasteiger charge is 2.35. The van der Waals surface area contributed by atoms with E-state index in [0.717, 1.165) is 30.3 Å². The van der Waals surface area contributed by atoms with Crippen molar-refractivity contribution in [3.05, 3.63) is 65.4 Å². The molecule has 4 aliphatic heterocycles. The van der Waals surface area contributed by atoms with Gasteiger partial charge in [-0.1, -0.05) is 36.4 Å². The number of carbonyl (C=O) groups excluding carboxylic acids is 1. The van der Waals surface area contributed by atoms with Gasteiger partial charge in [0.05, 0.1) is 11.1 Å². The molecule has 4 nitrogen and oxygen atoms in total. The highest BCUT2D eigenvalue weighted by molar-refractivity contribution is 6.08. The summed E-state index contributed by atoms with van der Waals surface area (Å²) in [4.78, 5) is 15.8. The lowest BCUT2D eigenvalue weighted by molar-refractivity contribution is 0.0621. The summed E-state index contributed by atoms with van der Waals surface area (Å²) in [5.41, 5.74) is 5.89. The number of nitrogens with one attached hydrogen (secondary N) is 1. The molecule has 4 aliphatic rings. The lowest BCUT2D eigenvalue weighted by Crippen LogP contribution is -2.57. The van der Waals surface area contributed by atoms with Gasteiger partial charge in [0.1, 0.15) is 0 Å². The van der Waals surface area contributed by atoms with E-state index in [0.29, 0.717) is 5.92 Å². The van der Waals surface area contributed by atoms with Gasteiger partial charge in [0.15, 0.2) is 0 Å². The minimum atomic E-state index is 0.0812. The average Bonchev–Trinajstić information content (AvgIpc) is 3.05. The monoisotopic (exact) mass is 371 g/mol. The van der Waals surface area contributed by atoms with Crippen LogP contribution in [0.3, 0.4) is 0 Å². The molecule has 3 saturated heterocycles. The van der Waals surface area contributed by atoms with E-state index in [9.17, 15) is 4.79 Å². The molecule has 3 fully saturated rings. The van der Waals surface area contributed by atoms with Gasteiger partial charge in [-0.2, -0.15) is 0 Å². The van der Waals surface area contributed by atoms with E-state index in [-0.39, 0.29) is 11.9 Å². The summed E-state index contributed by atoms with van der Waals surface area (Å²) in [7, 11) is 0. The standard InChI is InChI=1S/C24H25N3O/c28-24(25-21-15-26-12-10-16(21)11-13-26)20-14-27-22-7-2-1-4-17(22)8-9-18-5-3-6-19(20)23(18)27/h1-7,14,16,21H,8-13,15H2,(H,25,28). The summed E-state index contributed by atoms with van der Waals surface area (Å²) in [6.45, 7) is 3.39. The van der Waals surface area contributed by atoms with Crippen molar-refractivity contribution in [1.82, 2.24) is 14.8 Å². The van der Waals surface area contributed by atoms with Crippen LogP contribution in [0.5, 0.6) is 0 Å². The number of fused-ring (bicyclic) bond motifs is 5. The molecule has 1 aromatic heterocycles. The Morgan fingerprint density at radius 2 is 1.75 bits per heavy atom. The molecule has 0 radical (unpaired) electrons. The zero-order valence-electron chi connectivity index (χ0n) is 16.0. The molecule has 5 heterocycles. The molecule has 4 heteroatoms. The van der Waals surface area contributed by atoms with Gasteiger partial charge in [-0.15, -0.1) is 0 Å². The zero-order valence-corrected chi connectivity index (χ0v) is 16.0. The van der Waals surface area contributed by atoms with Gasteiger partial charge in [0.2, 0.25) is 0 Å². The zero-order chi connectivity index (χ0) is 18.7. The summed E-state index contributed by atoms with van der Waals surface area (Å²) < 4.78 is 2.25. The Hall–Kier alpha value is -2.59. The lowest BCUT2D eigenvalue weighted by Gasteiger charge is -2.44. The van der Waals surface area contributed by atoms with E-state index in [2.05, 4.69) is 63.4 Å². The Balaban J connectivity index is 1.43. The van der Waals surface area contributed by atoms with Crippen LogP contribution in [0.4, 0.5) is 0 Å². The predicted molar refractivity (Wildman–Crippen MR) is 111 cm³/mol. The van der Waals surface area contributed by atoms with Crippen LogP contribution in [0.15, 0.2) is 48.7 Å². The number of carbonyl (C=O) groups is 1. The summed E-state index contributed by atoms with van der Waals surface area (Å²) >= 11 is 0. The molecule has 7 rings (SSSR count). The highest BCUT2D eigenvalue weighted by Crippen LogP contribution is 2.34. The number of aryl methyl sites for hydroxylation is 2. The van der Waals surface area contributed by atoms with Gasteiger partial charge >= 0.3 is 0 Å². The van der Waals surface area contributed by atoms with Crippen LogP contribution in [0.2, 0.25) is 0 Å². The number of piperidine rings is 3. The topological polar surface area (TPSA) is 37.3 Å². The third kappa shape index (κ3) is 2.44. The second kappa shape index (κ2) is 6.21. The molecule has 1 N–H and O–H groups in total. The van der Waals surface area contributed by atoms with E-state index in [4.69, 9.17) is 0 Å². The highest BCUT2D eigenvalue weighted by atomic mass is 16.1. The molecule has 0 spiro atoms. The predicted octanol–water partition coefficient (Wildman–Crippen LogP) is 3.55. The number of benzene rings is 2. The Morgan fingerprint density at radius 1 is 0.964 bits per heavy atom. The van der Waals surface area contributed by atoms with Gasteiger partial charge in [-0.3, -0.25) is 4.79 Å². The van der Waals surface area contributed by atoms with Crippen LogP contribution in [0.25, 0.3) is 16.6 Å². The van der Waals surface area contributed by atoms with Gasteiger partial charge < -0.3 is 14.8 Å². The molecule has 1 unspecified atom stereocenters. The molecule has 3 aromatic rings. The maximum absolute atomic E-state index is 13.3. The smallest absolute Gasteiger partial charge is 0.253 e. The molecular formula is C24H25N3O. The average molecular weight is 371 g/mol. The Kier molecular flexibility index (Phi) is 3.63. The summed E-state index contributed by atoms with van der Waals surface area (Å²) in [6, 6.07) is 15.3. The van der Waals surface area contributed by atoms with Crippen molar-refractivity contribution in [3.63, 3.8) is 0 Å². The molecule has 1 amide bonds. The first-order valence-corrected chi connectivity index (χ1v) is 10.5. The van der Waals surface area contributed by atoms with Crippen molar-refractivity contribution < 1.29 is 4.79 Å². The number of amides is 1. The SMILES string of the molecule is O=C(NC1CN2CCC1CC2)c1cn2c3c(cccc13)CCc1ccccc1-2. The third-order valence-electron chi connectivity index (χ3n) is 7.04. The number of hydrogen-bond acceptors (Lipinski definition) is 2. The Morgan fingerprint density at radius 3 is 2.57 bits per heavy atom. The second-order valence-corrected chi connectivity index (χ2v) is 8.57. The molecule has 2 aromatic carbocycles. The van der Waals surface area contributed by atoms with Crippen molar-refractivity contribution >= 4 is 16.8 Å². The van der Waals surface area contributed by atoms with Crippen LogP contribution in [-0.2, 0) is 12.8 Å². The molecular weight excluding hydrogens is 346 g/mol. The van der Waals surface area contributed by atoms with Gasteiger partial charge in [-0.05, 0) is 61.9 Å². The summed E-state index contributed by atoms with van der Waals surface area (Å²) in [5, 5.41) is 4.46. The van der Waals surface area contributed by atoms with E-state index in [1.54, 1.807) is 0 Å². The van der Waals surface area contributed by atoms with E-state index in [1.165, 1.54) is 48.3 Å². The van der Waals surface area contributed by atoms with Crippen molar-refractivity contribution in [2.24, 2.45) is 5.92 Å². The fourth-order valence-corrected chi connectivity index (χ4v) is 5.53. The van der Waals surface area contributed by atoms with Crippen LogP contribution in [-0.4, -0.2) is 41.1 Å². The first kappa shape index (κ1) is 16.4. The third-order valence-corrected chi connectivity index (χ3v) is 7.04. The van der Waals surface area contributed by atoms with Crippen molar-refractivity contribution in [3.8, 4) is 5.69 Å². The fourth-order valence-electron chi connectivity index (χ4n) is 5.53. The van der Waals surface area contributed by atoms with Gasteiger partial charge in [0.25, 0.3) is 5.91 Å². The number of nitrogens with zero attached hydrogens (tertiary/aromatic N) is 2. The number of para-hydroxylation sites is 2. The molecule has 142 valence electrons. The van der Waals surface area contributed by atoms with Crippen molar-refractivity contribution in [1.29, 1.82) is 0 Å². The van der Waals surface area contributed by atoms with Gasteiger partial charge in [0, 0.05) is 29.9 Å². The molecule has 2 bridgehead atoms. The van der Waals surface area contributed by atoms with E-state index >= 15 is 0 Å². The normalized spacial score (nSPS) is 25.4. The quantitative estimate of drug-likeness (QED) is 0.748. The number of hydrogen-bond donors (Lipinski definition) is 1.